The van der Waals surface area contributed by atoms with Crippen molar-refractivity contribution >= 4 is 5.91 Å². The van der Waals surface area contributed by atoms with Crippen molar-refractivity contribution in [2.45, 2.75) is 38.6 Å². The van der Waals surface area contributed by atoms with Gasteiger partial charge in [-0.05, 0) is 31.7 Å². The van der Waals surface area contributed by atoms with Crippen LogP contribution >= 0.6 is 0 Å². The molecule has 5 nitrogen and oxygen atoms in total. The van der Waals surface area contributed by atoms with Gasteiger partial charge in [-0.25, -0.2) is 0 Å². The van der Waals surface area contributed by atoms with Gasteiger partial charge in [0.05, 0.1) is 0 Å². The van der Waals surface area contributed by atoms with E-state index in [0.717, 1.165) is 18.5 Å². The van der Waals surface area contributed by atoms with Crippen molar-refractivity contribution in [2.75, 3.05) is 6.54 Å². The lowest BCUT2D eigenvalue weighted by Crippen LogP contribution is -2.41. The predicted octanol–water partition coefficient (Wildman–Crippen LogP) is 0.976. The van der Waals surface area contributed by atoms with E-state index in [1.165, 1.54) is 12.8 Å². The summed E-state index contributed by atoms with van der Waals surface area (Å²) in [4.78, 5) is 11.9. The maximum Gasteiger partial charge on any atom is 0.271 e. The zero-order chi connectivity index (χ0) is 13.1. The van der Waals surface area contributed by atoms with Gasteiger partial charge in [0.1, 0.15) is 5.69 Å². The number of carbonyl (C=O) groups excluding carboxylic acids is 1. The molecule has 5 heteroatoms. The number of nitrogens with one attached hydrogen (secondary N) is 1. The van der Waals surface area contributed by atoms with Crippen molar-refractivity contribution in [2.24, 2.45) is 18.7 Å². The molecule has 1 saturated carbocycles. The van der Waals surface area contributed by atoms with Crippen molar-refractivity contribution in [1.82, 2.24) is 15.1 Å². The summed E-state index contributed by atoms with van der Waals surface area (Å²) in [5.41, 5.74) is 7.53. The van der Waals surface area contributed by atoms with Gasteiger partial charge in [0, 0.05) is 25.3 Å². The van der Waals surface area contributed by atoms with Crippen molar-refractivity contribution in [3.8, 4) is 0 Å². The minimum Gasteiger partial charge on any atom is -0.350 e. The number of amides is 1. The fourth-order valence-corrected chi connectivity index (χ4v) is 2.48. The van der Waals surface area contributed by atoms with Crippen LogP contribution in [0, 0.1) is 12.8 Å². The van der Waals surface area contributed by atoms with Crippen LogP contribution < -0.4 is 11.1 Å². The maximum atomic E-state index is 11.9. The normalized spacial score (nSPS) is 23.9. The van der Waals surface area contributed by atoms with Crippen LogP contribution in [-0.4, -0.2) is 28.3 Å². The Bertz CT molecular complexity index is 407. The molecule has 2 unspecified atom stereocenters. The number of carbonyl (C=O) groups is 1. The minimum absolute atomic E-state index is 0.100. The highest BCUT2D eigenvalue weighted by Gasteiger charge is 2.22. The first-order valence-corrected chi connectivity index (χ1v) is 6.62. The number of nitrogens with zero attached hydrogens (tertiary/aromatic N) is 2. The molecular weight excluding hydrogens is 228 g/mol. The molecule has 0 aliphatic heterocycles. The molecule has 18 heavy (non-hydrogen) atoms. The molecule has 2 atom stereocenters. The smallest absolute Gasteiger partial charge is 0.271 e. The van der Waals surface area contributed by atoms with Crippen molar-refractivity contribution in [3.63, 3.8) is 0 Å². The van der Waals surface area contributed by atoms with Gasteiger partial charge in [-0.2, -0.15) is 5.10 Å². The lowest BCUT2D eigenvalue weighted by Gasteiger charge is -2.28. The van der Waals surface area contributed by atoms with Gasteiger partial charge in [0.25, 0.3) is 5.91 Å². The van der Waals surface area contributed by atoms with Gasteiger partial charge in [0.15, 0.2) is 0 Å². The van der Waals surface area contributed by atoms with Crippen LogP contribution in [0.5, 0.6) is 0 Å². The summed E-state index contributed by atoms with van der Waals surface area (Å²) in [5, 5.41) is 7.11. The van der Waals surface area contributed by atoms with E-state index in [-0.39, 0.29) is 11.9 Å². The summed E-state index contributed by atoms with van der Waals surface area (Å²) in [5.74, 6) is 0.309. The van der Waals surface area contributed by atoms with E-state index in [4.69, 9.17) is 5.73 Å². The van der Waals surface area contributed by atoms with Crippen LogP contribution in [0.15, 0.2) is 6.07 Å². The zero-order valence-corrected chi connectivity index (χ0v) is 11.1. The Morgan fingerprint density at radius 1 is 1.56 bits per heavy atom. The Labute approximate surface area is 108 Å². The average molecular weight is 250 g/mol. The fraction of sp³-hybridized carbons (Fsp3) is 0.692. The average Bonchev–Trinajstić information content (AvgIpc) is 2.68. The SMILES string of the molecule is Cc1cc(C(=O)NCC2CCCCC2N)nn1C. The van der Waals surface area contributed by atoms with Crippen molar-refractivity contribution in [3.05, 3.63) is 17.5 Å². The summed E-state index contributed by atoms with van der Waals surface area (Å²) in [6.07, 6.45) is 4.62. The summed E-state index contributed by atoms with van der Waals surface area (Å²) < 4.78 is 1.71. The second-order valence-corrected chi connectivity index (χ2v) is 5.21. The molecule has 0 spiro atoms. The van der Waals surface area contributed by atoms with E-state index in [9.17, 15) is 4.79 Å². The first-order chi connectivity index (χ1) is 8.58. The molecule has 1 aliphatic carbocycles. The second kappa shape index (κ2) is 5.52. The Morgan fingerprint density at radius 2 is 2.28 bits per heavy atom. The Morgan fingerprint density at radius 3 is 2.89 bits per heavy atom. The van der Waals surface area contributed by atoms with Gasteiger partial charge in [0.2, 0.25) is 0 Å². The number of nitrogens with two attached hydrogens (primary N) is 1. The first kappa shape index (κ1) is 13.1. The molecule has 0 radical (unpaired) electrons. The lowest BCUT2D eigenvalue weighted by atomic mass is 9.85. The number of aromatic nitrogens is 2. The molecule has 1 aromatic rings. The zero-order valence-electron chi connectivity index (χ0n) is 11.1. The Kier molecular flexibility index (Phi) is 4.01. The van der Waals surface area contributed by atoms with E-state index in [0.29, 0.717) is 18.2 Å². The minimum atomic E-state index is -0.100. The number of hydrogen-bond donors (Lipinski definition) is 2. The highest BCUT2D eigenvalue weighted by molar-refractivity contribution is 5.92. The molecule has 1 aromatic heterocycles. The third-order valence-electron chi connectivity index (χ3n) is 3.84. The molecule has 1 amide bonds. The van der Waals surface area contributed by atoms with Crippen LogP contribution in [0.25, 0.3) is 0 Å². The Balaban J connectivity index is 1.88. The highest BCUT2D eigenvalue weighted by atomic mass is 16.1. The summed E-state index contributed by atoms with van der Waals surface area (Å²) in [6.45, 7) is 2.59. The van der Waals surface area contributed by atoms with Gasteiger partial charge in [-0.15, -0.1) is 0 Å². The Hall–Kier alpha value is -1.36. The number of hydrogen-bond acceptors (Lipinski definition) is 3. The molecular formula is C13H22N4O. The molecule has 1 aliphatic rings. The van der Waals surface area contributed by atoms with Gasteiger partial charge in [-0.1, -0.05) is 12.8 Å². The molecule has 0 aromatic carbocycles. The molecule has 0 saturated heterocycles. The monoisotopic (exact) mass is 250 g/mol. The van der Waals surface area contributed by atoms with Crippen molar-refractivity contribution in [1.29, 1.82) is 0 Å². The molecule has 0 bridgehead atoms. The van der Waals surface area contributed by atoms with Crippen LogP contribution in [-0.2, 0) is 7.05 Å². The van der Waals surface area contributed by atoms with Crippen molar-refractivity contribution < 1.29 is 4.79 Å². The highest BCUT2D eigenvalue weighted by Crippen LogP contribution is 2.22. The van der Waals surface area contributed by atoms with Crippen LogP contribution in [0.4, 0.5) is 0 Å². The summed E-state index contributed by atoms with van der Waals surface area (Å²) >= 11 is 0. The summed E-state index contributed by atoms with van der Waals surface area (Å²) in [7, 11) is 1.84. The second-order valence-electron chi connectivity index (χ2n) is 5.21. The molecule has 1 fully saturated rings. The van der Waals surface area contributed by atoms with E-state index < -0.39 is 0 Å². The lowest BCUT2D eigenvalue weighted by molar-refractivity contribution is 0.0935. The quantitative estimate of drug-likeness (QED) is 0.839. The number of aryl methyl sites for hydroxylation is 2. The van der Waals surface area contributed by atoms with Crippen LogP contribution in [0.2, 0.25) is 0 Å². The molecule has 1 heterocycles. The number of rotatable bonds is 3. The largest absolute Gasteiger partial charge is 0.350 e. The van der Waals surface area contributed by atoms with Gasteiger partial charge < -0.3 is 11.1 Å². The third-order valence-corrected chi connectivity index (χ3v) is 3.84. The molecule has 100 valence electrons. The predicted molar refractivity (Wildman–Crippen MR) is 70.2 cm³/mol. The standard InChI is InChI=1S/C13H22N4O/c1-9-7-12(16-17(9)2)13(18)15-8-10-5-3-4-6-11(10)14/h7,10-11H,3-6,8,14H2,1-2H3,(H,15,18). The summed E-state index contributed by atoms with van der Waals surface area (Å²) in [6, 6.07) is 2.03. The van der Waals surface area contributed by atoms with Gasteiger partial charge >= 0.3 is 0 Å². The van der Waals surface area contributed by atoms with E-state index in [1.54, 1.807) is 10.7 Å². The third kappa shape index (κ3) is 2.90. The van der Waals surface area contributed by atoms with E-state index >= 15 is 0 Å². The maximum absolute atomic E-state index is 11.9. The molecule has 2 rings (SSSR count). The molecule has 3 N–H and O–H groups in total. The fourth-order valence-electron chi connectivity index (χ4n) is 2.48. The van der Waals surface area contributed by atoms with Crippen LogP contribution in [0.3, 0.4) is 0 Å². The van der Waals surface area contributed by atoms with E-state index in [2.05, 4.69) is 10.4 Å². The van der Waals surface area contributed by atoms with Gasteiger partial charge in [-0.3, -0.25) is 9.48 Å². The van der Waals surface area contributed by atoms with E-state index in [1.807, 2.05) is 14.0 Å². The van der Waals surface area contributed by atoms with Crippen LogP contribution in [0.1, 0.15) is 41.9 Å². The first-order valence-electron chi connectivity index (χ1n) is 6.62. The topological polar surface area (TPSA) is 72.9 Å².